The van der Waals surface area contributed by atoms with Crippen molar-refractivity contribution in [2.45, 2.75) is 23.8 Å². The van der Waals surface area contributed by atoms with Crippen molar-refractivity contribution >= 4 is 29.3 Å². The minimum absolute atomic E-state index is 0.142. The van der Waals surface area contributed by atoms with E-state index in [1.165, 1.54) is 16.7 Å². The molecule has 1 fully saturated rings. The molecular formula is C14H14N4O3S. The summed E-state index contributed by atoms with van der Waals surface area (Å²) < 4.78 is 5.08. The number of methoxy groups -OCH3 is 1. The van der Waals surface area contributed by atoms with E-state index >= 15 is 0 Å². The maximum Gasteiger partial charge on any atom is 0.247 e. The van der Waals surface area contributed by atoms with E-state index in [0.717, 1.165) is 0 Å². The van der Waals surface area contributed by atoms with Gasteiger partial charge in [0.2, 0.25) is 17.0 Å². The number of hydrogen-bond acceptors (Lipinski definition) is 6. The van der Waals surface area contributed by atoms with E-state index in [-0.39, 0.29) is 18.2 Å². The third-order valence-electron chi connectivity index (χ3n) is 3.26. The van der Waals surface area contributed by atoms with Gasteiger partial charge in [-0.1, -0.05) is 11.8 Å². The van der Waals surface area contributed by atoms with Gasteiger partial charge in [-0.2, -0.15) is 0 Å². The van der Waals surface area contributed by atoms with Gasteiger partial charge in [-0.05, 0) is 31.2 Å². The van der Waals surface area contributed by atoms with Gasteiger partial charge in [0.15, 0.2) is 0 Å². The number of nitrogens with one attached hydrogen (secondary N) is 1. The van der Waals surface area contributed by atoms with Crippen LogP contribution in [0.1, 0.15) is 12.2 Å². The zero-order valence-electron chi connectivity index (χ0n) is 12.1. The van der Waals surface area contributed by atoms with Crippen LogP contribution in [0.2, 0.25) is 0 Å². The molecule has 0 aliphatic carbocycles. The van der Waals surface area contributed by atoms with Gasteiger partial charge in [0.1, 0.15) is 16.8 Å². The second-order valence-corrected chi connectivity index (χ2v) is 5.95. The first-order valence-electron chi connectivity index (χ1n) is 6.65. The number of amides is 2. The van der Waals surface area contributed by atoms with Crippen LogP contribution >= 0.6 is 11.8 Å². The Bertz CT molecular complexity index is 713. The number of hydrogen-bond donors (Lipinski definition) is 1. The van der Waals surface area contributed by atoms with Crippen LogP contribution < -0.4 is 9.64 Å². The Labute approximate surface area is 131 Å². The fourth-order valence-corrected chi connectivity index (χ4v) is 3.18. The lowest BCUT2D eigenvalue weighted by atomic mass is 10.3. The first-order chi connectivity index (χ1) is 10.6. The number of thioether (sulfide) groups is 1. The Balaban J connectivity index is 1.78. The number of rotatable bonds is 4. The van der Waals surface area contributed by atoms with Gasteiger partial charge < -0.3 is 4.74 Å². The normalized spacial score (nSPS) is 18.1. The molecule has 7 nitrogen and oxygen atoms in total. The zero-order valence-corrected chi connectivity index (χ0v) is 12.9. The van der Waals surface area contributed by atoms with Crippen molar-refractivity contribution in [3.05, 3.63) is 30.1 Å². The predicted molar refractivity (Wildman–Crippen MR) is 80.9 cm³/mol. The number of aromatic nitrogens is 3. The first-order valence-corrected chi connectivity index (χ1v) is 7.53. The van der Waals surface area contributed by atoms with E-state index in [9.17, 15) is 9.59 Å². The number of aromatic amines is 1. The fourth-order valence-electron chi connectivity index (χ4n) is 2.20. The molecule has 1 aliphatic heterocycles. The lowest BCUT2D eigenvalue weighted by molar-refractivity contribution is -0.121. The molecule has 0 spiro atoms. The summed E-state index contributed by atoms with van der Waals surface area (Å²) in [6, 6.07) is 6.82. The molecule has 3 rings (SSSR count). The van der Waals surface area contributed by atoms with Crippen molar-refractivity contribution in [3.63, 3.8) is 0 Å². The summed E-state index contributed by atoms with van der Waals surface area (Å²) in [5, 5.41) is 6.68. The molecule has 2 amide bonds. The molecule has 1 atom stereocenters. The molecule has 1 aromatic carbocycles. The summed E-state index contributed by atoms with van der Waals surface area (Å²) in [4.78, 5) is 30.0. The molecule has 0 unspecified atom stereocenters. The molecule has 114 valence electrons. The highest BCUT2D eigenvalue weighted by molar-refractivity contribution is 8.00. The van der Waals surface area contributed by atoms with Gasteiger partial charge >= 0.3 is 0 Å². The molecule has 1 aliphatic rings. The Morgan fingerprint density at radius 2 is 2.05 bits per heavy atom. The standard InChI is InChI=1S/C14H14N4O3S/c1-8-15-14(17-16-8)22-11-7-12(19)18(13(11)20)9-3-5-10(21-2)6-4-9/h3-6,11H,7H2,1-2H3,(H,15,16,17)/t11-/m1/s1. The van der Waals surface area contributed by atoms with E-state index in [1.807, 2.05) is 0 Å². The number of H-pyrrole nitrogens is 1. The van der Waals surface area contributed by atoms with E-state index < -0.39 is 5.25 Å². The topological polar surface area (TPSA) is 88.2 Å². The van der Waals surface area contributed by atoms with Crippen molar-refractivity contribution in [1.82, 2.24) is 15.2 Å². The van der Waals surface area contributed by atoms with Crippen LogP contribution in [-0.4, -0.2) is 39.4 Å². The number of anilines is 1. The van der Waals surface area contributed by atoms with Gasteiger partial charge in [-0.25, -0.2) is 9.88 Å². The Kier molecular flexibility index (Phi) is 3.84. The third kappa shape index (κ3) is 2.69. The molecule has 0 saturated carbocycles. The summed E-state index contributed by atoms with van der Waals surface area (Å²) in [6.07, 6.45) is 0.142. The van der Waals surface area contributed by atoms with E-state index in [1.54, 1.807) is 38.3 Å². The molecular weight excluding hydrogens is 304 g/mol. The highest BCUT2D eigenvalue weighted by Crippen LogP contribution is 2.32. The molecule has 0 bridgehead atoms. The summed E-state index contributed by atoms with van der Waals surface area (Å²) in [5.74, 6) is 0.874. The van der Waals surface area contributed by atoms with Crippen LogP contribution in [-0.2, 0) is 9.59 Å². The number of carbonyl (C=O) groups excluding carboxylic acids is 2. The lowest BCUT2D eigenvalue weighted by Gasteiger charge is -2.14. The number of carbonyl (C=O) groups is 2. The SMILES string of the molecule is COc1ccc(N2C(=O)C[C@@H](Sc3n[nH]c(C)n3)C2=O)cc1. The number of imide groups is 1. The smallest absolute Gasteiger partial charge is 0.247 e. The van der Waals surface area contributed by atoms with Gasteiger partial charge in [0.05, 0.1) is 12.8 Å². The van der Waals surface area contributed by atoms with E-state index in [0.29, 0.717) is 22.4 Å². The minimum atomic E-state index is -0.496. The largest absolute Gasteiger partial charge is 0.497 e. The predicted octanol–water partition coefficient (Wildman–Crippen LogP) is 1.55. The zero-order chi connectivity index (χ0) is 15.7. The highest BCUT2D eigenvalue weighted by Gasteiger charge is 2.40. The molecule has 1 saturated heterocycles. The molecule has 1 aromatic heterocycles. The second-order valence-electron chi connectivity index (χ2n) is 4.78. The molecule has 22 heavy (non-hydrogen) atoms. The number of aryl methyl sites for hydroxylation is 1. The van der Waals surface area contributed by atoms with Crippen LogP contribution in [0, 0.1) is 6.92 Å². The summed E-state index contributed by atoms with van der Waals surface area (Å²) in [6.45, 7) is 1.78. The monoisotopic (exact) mass is 318 g/mol. The minimum Gasteiger partial charge on any atom is -0.497 e. The van der Waals surface area contributed by atoms with Gasteiger partial charge in [-0.3, -0.25) is 14.7 Å². The Morgan fingerprint density at radius 1 is 1.32 bits per heavy atom. The van der Waals surface area contributed by atoms with Crippen molar-refractivity contribution in [3.8, 4) is 5.75 Å². The lowest BCUT2D eigenvalue weighted by Crippen LogP contribution is -2.31. The van der Waals surface area contributed by atoms with Gasteiger partial charge in [0.25, 0.3) is 0 Å². The van der Waals surface area contributed by atoms with Crippen LogP contribution in [0.15, 0.2) is 29.4 Å². The van der Waals surface area contributed by atoms with Crippen molar-refractivity contribution < 1.29 is 14.3 Å². The van der Waals surface area contributed by atoms with E-state index in [4.69, 9.17) is 4.74 Å². The van der Waals surface area contributed by atoms with Crippen molar-refractivity contribution in [2.24, 2.45) is 0 Å². The van der Waals surface area contributed by atoms with Crippen molar-refractivity contribution in [1.29, 1.82) is 0 Å². The maximum absolute atomic E-state index is 12.5. The summed E-state index contributed by atoms with van der Waals surface area (Å²) >= 11 is 1.20. The first kappa shape index (κ1) is 14.6. The number of ether oxygens (including phenoxy) is 1. The Morgan fingerprint density at radius 3 is 2.64 bits per heavy atom. The average molecular weight is 318 g/mol. The van der Waals surface area contributed by atoms with Crippen molar-refractivity contribution in [2.75, 3.05) is 12.0 Å². The molecule has 0 radical (unpaired) electrons. The van der Waals surface area contributed by atoms with Crippen LogP contribution in [0.4, 0.5) is 5.69 Å². The van der Waals surface area contributed by atoms with Crippen LogP contribution in [0.3, 0.4) is 0 Å². The van der Waals surface area contributed by atoms with Crippen LogP contribution in [0.25, 0.3) is 0 Å². The van der Waals surface area contributed by atoms with E-state index in [2.05, 4.69) is 15.2 Å². The summed E-state index contributed by atoms with van der Waals surface area (Å²) in [7, 11) is 1.56. The van der Waals surface area contributed by atoms with Gasteiger partial charge in [-0.15, -0.1) is 5.10 Å². The molecule has 8 heteroatoms. The molecule has 2 heterocycles. The highest BCUT2D eigenvalue weighted by atomic mass is 32.2. The molecule has 2 aromatic rings. The maximum atomic E-state index is 12.5. The number of nitrogens with zero attached hydrogens (tertiary/aromatic N) is 3. The van der Waals surface area contributed by atoms with Gasteiger partial charge in [0, 0.05) is 6.42 Å². The van der Waals surface area contributed by atoms with Crippen LogP contribution in [0.5, 0.6) is 5.75 Å². The quantitative estimate of drug-likeness (QED) is 0.860. The average Bonchev–Trinajstić information content (AvgIpc) is 3.03. The summed E-state index contributed by atoms with van der Waals surface area (Å²) in [5.41, 5.74) is 0.546. The Hall–Kier alpha value is -2.35. The fraction of sp³-hybridized carbons (Fsp3) is 0.286. The third-order valence-corrected chi connectivity index (χ3v) is 4.31. The second kappa shape index (κ2) is 5.80. The number of benzene rings is 1. The molecule has 1 N–H and O–H groups in total.